The molecular weight excluding hydrogens is 276 g/mol. The van der Waals surface area contributed by atoms with Gasteiger partial charge in [0, 0.05) is 29.6 Å². The van der Waals surface area contributed by atoms with Gasteiger partial charge in [0.05, 0.1) is 10.7 Å². The number of anilines is 1. The van der Waals surface area contributed by atoms with E-state index in [9.17, 15) is 0 Å². The van der Waals surface area contributed by atoms with Crippen LogP contribution < -0.4 is 10.6 Å². The maximum absolute atomic E-state index is 6.45. The summed E-state index contributed by atoms with van der Waals surface area (Å²) >= 11 is 8.48. The van der Waals surface area contributed by atoms with Crippen molar-refractivity contribution in [3.8, 4) is 0 Å². The third kappa shape index (κ3) is 3.80. The van der Waals surface area contributed by atoms with Crippen molar-refractivity contribution in [2.45, 2.75) is 38.0 Å². The molecule has 0 bridgehead atoms. The molecule has 1 unspecified atom stereocenters. The lowest BCUT2D eigenvalue weighted by atomic mass is 10.0. The number of hydrogen-bond donors (Lipinski definition) is 1. The van der Waals surface area contributed by atoms with E-state index in [-0.39, 0.29) is 10.8 Å². The molecule has 0 radical (unpaired) electrons. The van der Waals surface area contributed by atoms with E-state index in [4.69, 9.17) is 17.3 Å². The molecule has 1 aliphatic heterocycles. The van der Waals surface area contributed by atoms with Gasteiger partial charge < -0.3 is 10.6 Å². The molecule has 1 aromatic carbocycles. The predicted octanol–water partition coefficient (Wildman–Crippen LogP) is 3.56. The Labute approximate surface area is 125 Å². The summed E-state index contributed by atoms with van der Waals surface area (Å²) in [7, 11) is 0. The number of thioether (sulfide) groups is 1. The summed E-state index contributed by atoms with van der Waals surface area (Å²) in [5.41, 5.74) is 8.42. The Morgan fingerprint density at radius 3 is 2.84 bits per heavy atom. The lowest BCUT2D eigenvalue weighted by Gasteiger charge is -2.40. The van der Waals surface area contributed by atoms with Crippen molar-refractivity contribution in [3.63, 3.8) is 0 Å². The van der Waals surface area contributed by atoms with Gasteiger partial charge in [-0.2, -0.15) is 11.8 Å². The van der Waals surface area contributed by atoms with E-state index in [0.717, 1.165) is 30.3 Å². The predicted molar refractivity (Wildman–Crippen MR) is 87.6 cm³/mol. The lowest BCUT2D eigenvalue weighted by molar-refractivity contribution is 0.643. The van der Waals surface area contributed by atoms with Crippen molar-refractivity contribution in [1.82, 2.24) is 0 Å². The normalized spacial score (nSPS) is 20.4. The molecule has 0 spiro atoms. The fraction of sp³-hybridized carbons (Fsp3) is 0.600. The van der Waals surface area contributed by atoms with Crippen molar-refractivity contribution < 1.29 is 0 Å². The average molecular weight is 299 g/mol. The van der Waals surface area contributed by atoms with Crippen molar-refractivity contribution in [1.29, 1.82) is 0 Å². The van der Waals surface area contributed by atoms with Crippen LogP contribution in [0.4, 0.5) is 5.69 Å². The molecule has 0 aromatic heterocycles. The highest BCUT2D eigenvalue weighted by Crippen LogP contribution is 2.37. The van der Waals surface area contributed by atoms with Crippen LogP contribution in [0.5, 0.6) is 0 Å². The molecule has 0 amide bonds. The molecule has 0 saturated carbocycles. The number of rotatable bonds is 3. The van der Waals surface area contributed by atoms with Gasteiger partial charge in [0.1, 0.15) is 0 Å². The smallest absolute Gasteiger partial charge is 0.0642 e. The molecule has 0 aliphatic carbocycles. The standard InChI is InChI=1S/C15H23ClN2S/c1-11(17)9-12-5-4-6-13(16)14(12)18-7-8-19-15(2,3)10-18/h4-6,11H,7-10,17H2,1-3H3. The number of hydrogen-bond acceptors (Lipinski definition) is 3. The molecule has 4 heteroatoms. The molecule has 1 aliphatic rings. The third-order valence-corrected chi connectivity index (χ3v) is 4.96. The van der Waals surface area contributed by atoms with Crippen LogP contribution in [-0.4, -0.2) is 29.6 Å². The Morgan fingerprint density at radius 2 is 2.21 bits per heavy atom. The van der Waals surface area contributed by atoms with E-state index in [2.05, 4.69) is 24.8 Å². The molecule has 1 fully saturated rings. The van der Waals surface area contributed by atoms with E-state index in [1.807, 2.05) is 30.8 Å². The summed E-state index contributed by atoms with van der Waals surface area (Å²) in [6.45, 7) is 8.73. The molecule has 2 N–H and O–H groups in total. The first kappa shape index (κ1) is 15.0. The van der Waals surface area contributed by atoms with Gasteiger partial charge in [0.15, 0.2) is 0 Å². The average Bonchev–Trinajstić information content (AvgIpc) is 2.26. The van der Waals surface area contributed by atoms with Gasteiger partial charge >= 0.3 is 0 Å². The molecule has 2 rings (SSSR count). The first-order valence-corrected chi connectivity index (χ1v) is 8.17. The minimum absolute atomic E-state index is 0.157. The Morgan fingerprint density at radius 1 is 1.47 bits per heavy atom. The molecule has 1 atom stereocenters. The SMILES string of the molecule is CC(N)Cc1cccc(Cl)c1N1CCSC(C)(C)C1. The van der Waals surface area contributed by atoms with Crippen molar-refractivity contribution in [3.05, 3.63) is 28.8 Å². The zero-order valence-electron chi connectivity index (χ0n) is 11.9. The third-order valence-electron chi connectivity index (χ3n) is 3.35. The van der Waals surface area contributed by atoms with E-state index < -0.39 is 0 Å². The van der Waals surface area contributed by atoms with Crippen LogP contribution in [0.3, 0.4) is 0 Å². The second-order valence-electron chi connectivity index (χ2n) is 5.96. The maximum atomic E-state index is 6.45. The van der Waals surface area contributed by atoms with Crippen molar-refractivity contribution in [2.75, 3.05) is 23.7 Å². The largest absolute Gasteiger partial charge is 0.368 e. The van der Waals surface area contributed by atoms with Crippen LogP contribution in [0.25, 0.3) is 0 Å². The highest BCUT2D eigenvalue weighted by molar-refractivity contribution is 8.00. The lowest BCUT2D eigenvalue weighted by Crippen LogP contribution is -2.43. The Hall–Kier alpha value is -0.380. The van der Waals surface area contributed by atoms with Crippen LogP contribution in [0.1, 0.15) is 26.3 Å². The number of nitrogens with two attached hydrogens (primary N) is 1. The summed E-state index contributed by atoms with van der Waals surface area (Å²) in [6.07, 6.45) is 0.875. The van der Waals surface area contributed by atoms with Crippen LogP contribution in [0.15, 0.2) is 18.2 Å². The Kier molecular flexibility index (Phi) is 4.70. The second-order valence-corrected chi connectivity index (χ2v) is 8.17. The summed E-state index contributed by atoms with van der Waals surface area (Å²) in [4.78, 5) is 2.43. The fourth-order valence-electron chi connectivity index (χ4n) is 2.63. The van der Waals surface area contributed by atoms with Gasteiger partial charge in [-0.1, -0.05) is 23.7 Å². The van der Waals surface area contributed by atoms with E-state index >= 15 is 0 Å². The van der Waals surface area contributed by atoms with Gasteiger partial charge in [-0.25, -0.2) is 0 Å². The number of nitrogens with zero attached hydrogens (tertiary/aromatic N) is 1. The van der Waals surface area contributed by atoms with Crippen LogP contribution in [0, 0.1) is 0 Å². The fourth-order valence-corrected chi connectivity index (χ4v) is 4.06. The molecule has 1 heterocycles. The molecule has 106 valence electrons. The van der Waals surface area contributed by atoms with Gasteiger partial charge in [-0.05, 0) is 38.8 Å². The summed E-state index contributed by atoms with van der Waals surface area (Å²) in [6, 6.07) is 6.31. The Bertz CT molecular complexity index is 446. The summed E-state index contributed by atoms with van der Waals surface area (Å²) in [5, 5.41) is 0.848. The number of para-hydroxylation sites is 1. The molecular formula is C15H23ClN2S. The van der Waals surface area contributed by atoms with Gasteiger partial charge in [0.25, 0.3) is 0 Å². The first-order valence-electron chi connectivity index (χ1n) is 6.81. The van der Waals surface area contributed by atoms with E-state index in [1.54, 1.807) is 0 Å². The zero-order valence-corrected chi connectivity index (χ0v) is 13.5. The summed E-state index contributed by atoms with van der Waals surface area (Å²) < 4.78 is 0.281. The Balaban J connectivity index is 2.32. The molecule has 1 saturated heterocycles. The minimum Gasteiger partial charge on any atom is -0.368 e. The number of halogens is 1. The zero-order chi connectivity index (χ0) is 14.0. The van der Waals surface area contributed by atoms with E-state index in [1.165, 1.54) is 11.3 Å². The quantitative estimate of drug-likeness (QED) is 0.925. The maximum Gasteiger partial charge on any atom is 0.0642 e. The first-order chi connectivity index (χ1) is 8.89. The highest BCUT2D eigenvalue weighted by atomic mass is 35.5. The van der Waals surface area contributed by atoms with Gasteiger partial charge in [-0.3, -0.25) is 0 Å². The van der Waals surface area contributed by atoms with Gasteiger partial charge in [-0.15, -0.1) is 0 Å². The molecule has 2 nitrogen and oxygen atoms in total. The topological polar surface area (TPSA) is 29.3 Å². The summed E-state index contributed by atoms with van der Waals surface area (Å²) in [5.74, 6) is 1.15. The highest BCUT2D eigenvalue weighted by Gasteiger charge is 2.29. The number of benzene rings is 1. The molecule has 1 aromatic rings. The minimum atomic E-state index is 0.157. The second kappa shape index (κ2) is 5.94. The monoisotopic (exact) mass is 298 g/mol. The van der Waals surface area contributed by atoms with Crippen molar-refractivity contribution in [2.24, 2.45) is 5.73 Å². The van der Waals surface area contributed by atoms with Gasteiger partial charge in [0.2, 0.25) is 0 Å². The van der Waals surface area contributed by atoms with Crippen LogP contribution in [0.2, 0.25) is 5.02 Å². The van der Waals surface area contributed by atoms with Crippen LogP contribution >= 0.6 is 23.4 Å². The van der Waals surface area contributed by atoms with Crippen LogP contribution in [-0.2, 0) is 6.42 Å². The van der Waals surface area contributed by atoms with E-state index in [0.29, 0.717) is 0 Å². The van der Waals surface area contributed by atoms with Crippen molar-refractivity contribution >= 4 is 29.1 Å². The molecule has 19 heavy (non-hydrogen) atoms.